The summed E-state index contributed by atoms with van der Waals surface area (Å²) in [5.41, 5.74) is -0.233. The lowest BCUT2D eigenvalue weighted by atomic mass is 10.2. The van der Waals surface area contributed by atoms with Gasteiger partial charge >= 0.3 is 5.97 Å². The predicted molar refractivity (Wildman–Crippen MR) is 84.9 cm³/mol. The van der Waals surface area contributed by atoms with Crippen molar-refractivity contribution in [2.75, 3.05) is 6.54 Å². The van der Waals surface area contributed by atoms with Gasteiger partial charge in [-0.05, 0) is 56.3 Å². The van der Waals surface area contributed by atoms with E-state index in [0.29, 0.717) is 17.3 Å². The first-order chi connectivity index (χ1) is 10.7. The molecule has 0 bridgehead atoms. The molecule has 0 unspecified atom stereocenters. The molecule has 0 saturated carbocycles. The molecule has 122 valence electrons. The summed E-state index contributed by atoms with van der Waals surface area (Å²) >= 11 is 0.711. The van der Waals surface area contributed by atoms with Crippen molar-refractivity contribution in [3.05, 3.63) is 40.6 Å². The summed E-state index contributed by atoms with van der Waals surface area (Å²) in [5.74, 6) is -1.69. The van der Waals surface area contributed by atoms with Crippen LogP contribution in [0.1, 0.15) is 26.3 Å². The second kappa shape index (κ2) is 6.54. The highest BCUT2D eigenvalue weighted by atomic mass is 32.2. The summed E-state index contributed by atoms with van der Waals surface area (Å²) in [6.45, 7) is 4.65. The number of rotatable bonds is 3. The van der Waals surface area contributed by atoms with Crippen LogP contribution in [0.25, 0.3) is 6.08 Å². The van der Waals surface area contributed by atoms with Crippen molar-refractivity contribution in [1.82, 2.24) is 4.90 Å². The molecule has 0 N–H and O–H groups in total. The molecule has 0 radical (unpaired) electrons. The van der Waals surface area contributed by atoms with Crippen LogP contribution in [0.2, 0.25) is 0 Å². The Kier molecular flexibility index (Phi) is 4.89. The van der Waals surface area contributed by atoms with E-state index in [1.54, 1.807) is 26.8 Å². The van der Waals surface area contributed by atoms with Gasteiger partial charge in [0.1, 0.15) is 18.0 Å². The number of esters is 1. The van der Waals surface area contributed by atoms with E-state index >= 15 is 0 Å². The van der Waals surface area contributed by atoms with Crippen molar-refractivity contribution < 1.29 is 23.5 Å². The van der Waals surface area contributed by atoms with Crippen molar-refractivity contribution in [3.8, 4) is 0 Å². The molecular formula is C16H16FNO4S. The largest absolute Gasteiger partial charge is 0.459 e. The first-order valence-corrected chi connectivity index (χ1v) is 7.70. The van der Waals surface area contributed by atoms with Gasteiger partial charge in [-0.15, -0.1) is 0 Å². The summed E-state index contributed by atoms with van der Waals surface area (Å²) < 4.78 is 18.3. The van der Waals surface area contributed by atoms with Crippen molar-refractivity contribution in [3.63, 3.8) is 0 Å². The van der Waals surface area contributed by atoms with Crippen LogP contribution in [0.5, 0.6) is 0 Å². The average molecular weight is 337 g/mol. The monoisotopic (exact) mass is 337 g/mol. The highest BCUT2D eigenvalue weighted by molar-refractivity contribution is 8.18. The zero-order chi connectivity index (χ0) is 17.2. The van der Waals surface area contributed by atoms with Crippen LogP contribution >= 0.6 is 11.8 Å². The number of ether oxygens (including phenoxy) is 1. The molecule has 0 spiro atoms. The number of halogens is 1. The zero-order valence-corrected chi connectivity index (χ0v) is 13.8. The Labute approximate surface area is 137 Å². The third-order valence-electron chi connectivity index (χ3n) is 2.73. The maximum Gasteiger partial charge on any atom is 0.326 e. The molecule has 1 saturated heterocycles. The number of hydrogen-bond acceptors (Lipinski definition) is 5. The molecule has 0 aliphatic carbocycles. The molecule has 1 fully saturated rings. The highest BCUT2D eigenvalue weighted by Crippen LogP contribution is 2.32. The number of imide groups is 1. The van der Waals surface area contributed by atoms with Gasteiger partial charge in [-0.25, -0.2) is 4.39 Å². The lowest BCUT2D eigenvalue weighted by Crippen LogP contribution is -2.37. The number of benzene rings is 1. The number of carbonyl (C=O) groups is 3. The molecule has 2 rings (SSSR count). The second-order valence-corrected chi connectivity index (χ2v) is 6.90. The van der Waals surface area contributed by atoms with Crippen LogP contribution in [0.4, 0.5) is 9.18 Å². The fraction of sp³-hybridized carbons (Fsp3) is 0.312. The van der Waals surface area contributed by atoms with Gasteiger partial charge in [-0.1, -0.05) is 12.1 Å². The third-order valence-corrected chi connectivity index (χ3v) is 3.63. The molecule has 1 aliphatic rings. The predicted octanol–water partition coefficient (Wildman–Crippen LogP) is 3.20. The maximum absolute atomic E-state index is 13.2. The van der Waals surface area contributed by atoms with Gasteiger partial charge in [0.2, 0.25) is 0 Å². The van der Waals surface area contributed by atoms with E-state index < -0.39 is 35.1 Å². The Morgan fingerprint density at radius 1 is 1.35 bits per heavy atom. The van der Waals surface area contributed by atoms with Crippen molar-refractivity contribution >= 4 is 35.0 Å². The number of hydrogen-bond donors (Lipinski definition) is 0. The number of amides is 2. The Hall–Kier alpha value is -2.15. The first kappa shape index (κ1) is 17.2. The average Bonchev–Trinajstić information content (AvgIpc) is 2.64. The van der Waals surface area contributed by atoms with Gasteiger partial charge in [0.15, 0.2) is 0 Å². The fourth-order valence-electron chi connectivity index (χ4n) is 1.89. The van der Waals surface area contributed by atoms with Gasteiger partial charge in [0.25, 0.3) is 11.1 Å². The first-order valence-electron chi connectivity index (χ1n) is 6.88. The van der Waals surface area contributed by atoms with Crippen LogP contribution in [0.15, 0.2) is 29.2 Å². The van der Waals surface area contributed by atoms with E-state index in [-0.39, 0.29) is 4.91 Å². The topological polar surface area (TPSA) is 63.7 Å². The number of carbonyl (C=O) groups excluding carboxylic acids is 3. The molecule has 5 nitrogen and oxygen atoms in total. The summed E-state index contributed by atoms with van der Waals surface area (Å²) in [6.07, 6.45) is 1.42. The van der Waals surface area contributed by atoms with Gasteiger partial charge < -0.3 is 4.74 Å². The molecule has 1 aromatic rings. The smallest absolute Gasteiger partial charge is 0.326 e. The summed E-state index contributed by atoms with van der Waals surface area (Å²) in [7, 11) is 0. The Balaban J connectivity index is 2.12. The lowest BCUT2D eigenvalue weighted by Gasteiger charge is -2.21. The van der Waals surface area contributed by atoms with Crippen LogP contribution in [0, 0.1) is 5.82 Å². The van der Waals surface area contributed by atoms with E-state index in [1.165, 1.54) is 24.3 Å². The minimum absolute atomic E-state index is 0.143. The number of thioether (sulfide) groups is 1. The van der Waals surface area contributed by atoms with E-state index in [1.807, 2.05) is 0 Å². The summed E-state index contributed by atoms with van der Waals surface area (Å²) in [6, 6.07) is 5.66. The zero-order valence-electron chi connectivity index (χ0n) is 13.0. The Morgan fingerprint density at radius 3 is 2.65 bits per heavy atom. The van der Waals surface area contributed by atoms with Crippen LogP contribution < -0.4 is 0 Å². The van der Waals surface area contributed by atoms with E-state index in [2.05, 4.69) is 0 Å². The normalized spacial score (nSPS) is 17.0. The third kappa shape index (κ3) is 4.66. The molecule has 1 aromatic carbocycles. The second-order valence-electron chi connectivity index (χ2n) is 5.91. The van der Waals surface area contributed by atoms with Crippen molar-refractivity contribution in [1.29, 1.82) is 0 Å². The summed E-state index contributed by atoms with van der Waals surface area (Å²) in [4.78, 5) is 36.9. The Bertz CT molecular complexity index is 694. The molecule has 1 aliphatic heterocycles. The van der Waals surface area contributed by atoms with Gasteiger partial charge in [-0.3, -0.25) is 19.3 Å². The minimum atomic E-state index is -0.698. The molecule has 7 heteroatoms. The number of nitrogens with zero attached hydrogens (tertiary/aromatic N) is 1. The van der Waals surface area contributed by atoms with E-state index in [4.69, 9.17) is 4.74 Å². The van der Waals surface area contributed by atoms with Crippen LogP contribution in [-0.2, 0) is 14.3 Å². The van der Waals surface area contributed by atoms with Gasteiger partial charge in [0, 0.05) is 0 Å². The van der Waals surface area contributed by atoms with Crippen LogP contribution in [-0.4, -0.2) is 34.2 Å². The van der Waals surface area contributed by atoms with E-state index in [0.717, 1.165) is 4.90 Å². The fourth-order valence-corrected chi connectivity index (χ4v) is 2.73. The standard InChI is InChI=1S/C16H16FNO4S/c1-16(2,3)22-13(19)9-18-14(20)12(23-15(18)21)8-10-5-4-6-11(17)7-10/h4-8H,9H2,1-3H3. The van der Waals surface area contributed by atoms with Crippen molar-refractivity contribution in [2.45, 2.75) is 26.4 Å². The SMILES string of the molecule is CC(C)(C)OC(=O)CN1C(=O)SC(=Cc2cccc(F)c2)C1=O. The van der Waals surface area contributed by atoms with Crippen LogP contribution in [0.3, 0.4) is 0 Å². The van der Waals surface area contributed by atoms with Gasteiger partial charge in [0.05, 0.1) is 4.91 Å². The van der Waals surface area contributed by atoms with E-state index in [9.17, 15) is 18.8 Å². The quantitative estimate of drug-likeness (QED) is 0.626. The molecular weight excluding hydrogens is 321 g/mol. The molecule has 23 heavy (non-hydrogen) atoms. The summed E-state index contributed by atoms with van der Waals surface area (Å²) in [5, 5.41) is -0.552. The molecule has 0 atom stereocenters. The molecule has 1 heterocycles. The van der Waals surface area contributed by atoms with Gasteiger partial charge in [-0.2, -0.15) is 0 Å². The lowest BCUT2D eigenvalue weighted by molar-refractivity contribution is -0.156. The minimum Gasteiger partial charge on any atom is -0.459 e. The Morgan fingerprint density at radius 2 is 2.04 bits per heavy atom. The highest BCUT2D eigenvalue weighted by Gasteiger charge is 2.37. The molecule has 2 amide bonds. The van der Waals surface area contributed by atoms with Crippen molar-refractivity contribution in [2.24, 2.45) is 0 Å². The maximum atomic E-state index is 13.2. The molecule has 0 aromatic heterocycles.